The molecule has 140 valence electrons. The SMILES string of the molecule is CCCCOCc1cc(C(=O)Nc2ccccc2CC)ccc1OCC. The van der Waals surface area contributed by atoms with Crippen molar-refractivity contribution in [2.75, 3.05) is 18.5 Å². The smallest absolute Gasteiger partial charge is 0.255 e. The Balaban J connectivity index is 2.15. The van der Waals surface area contributed by atoms with Crippen molar-refractivity contribution < 1.29 is 14.3 Å². The topological polar surface area (TPSA) is 47.6 Å². The molecular weight excluding hydrogens is 326 g/mol. The lowest BCUT2D eigenvalue weighted by atomic mass is 10.1. The second-order valence-corrected chi connectivity index (χ2v) is 6.13. The van der Waals surface area contributed by atoms with E-state index >= 15 is 0 Å². The summed E-state index contributed by atoms with van der Waals surface area (Å²) in [6, 6.07) is 13.4. The molecule has 0 radical (unpaired) electrons. The van der Waals surface area contributed by atoms with Crippen LogP contribution in [0.15, 0.2) is 42.5 Å². The number of carbonyl (C=O) groups excluding carboxylic acids is 1. The van der Waals surface area contributed by atoms with Crippen molar-refractivity contribution >= 4 is 11.6 Å². The number of hydrogen-bond donors (Lipinski definition) is 1. The van der Waals surface area contributed by atoms with Crippen LogP contribution >= 0.6 is 0 Å². The Kier molecular flexibility index (Phi) is 8.16. The number of amides is 1. The summed E-state index contributed by atoms with van der Waals surface area (Å²) in [7, 11) is 0. The quantitative estimate of drug-likeness (QED) is 0.595. The molecule has 0 unspecified atom stereocenters. The van der Waals surface area contributed by atoms with E-state index in [9.17, 15) is 4.79 Å². The highest BCUT2D eigenvalue weighted by molar-refractivity contribution is 6.04. The van der Waals surface area contributed by atoms with Gasteiger partial charge < -0.3 is 14.8 Å². The predicted octanol–water partition coefficient (Wildman–Crippen LogP) is 5.22. The number of aryl methyl sites for hydroxylation is 1. The summed E-state index contributed by atoms with van der Waals surface area (Å²) in [6.45, 7) is 7.90. The molecule has 1 amide bonds. The number of unbranched alkanes of at least 4 members (excludes halogenated alkanes) is 1. The number of nitrogens with one attached hydrogen (secondary N) is 1. The van der Waals surface area contributed by atoms with Crippen LogP contribution in [0.3, 0.4) is 0 Å². The highest BCUT2D eigenvalue weighted by atomic mass is 16.5. The van der Waals surface area contributed by atoms with Crippen molar-refractivity contribution in [1.82, 2.24) is 0 Å². The van der Waals surface area contributed by atoms with E-state index in [1.165, 1.54) is 0 Å². The standard InChI is InChI=1S/C22H29NO3/c1-4-7-14-25-16-19-15-18(12-13-21(19)26-6-3)22(24)23-20-11-9-8-10-17(20)5-2/h8-13,15H,4-7,14,16H2,1-3H3,(H,23,24). The fourth-order valence-electron chi connectivity index (χ4n) is 2.70. The van der Waals surface area contributed by atoms with Crippen molar-refractivity contribution in [2.24, 2.45) is 0 Å². The lowest BCUT2D eigenvalue weighted by Gasteiger charge is -2.14. The second-order valence-electron chi connectivity index (χ2n) is 6.13. The number of ether oxygens (including phenoxy) is 2. The Morgan fingerprint density at radius 1 is 1.04 bits per heavy atom. The molecule has 0 aliphatic rings. The van der Waals surface area contributed by atoms with Gasteiger partial charge in [0.05, 0.1) is 13.2 Å². The monoisotopic (exact) mass is 355 g/mol. The average molecular weight is 355 g/mol. The number of carbonyl (C=O) groups is 1. The molecule has 0 bridgehead atoms. The molecule has 0 saturated carbocycles. The van der Waals surface area contributed by atoms with E-state index in [4.69, 9.17) is 9.47 Å². The van der Waals surface area contributed by atoms with Gasteiger partial charge in [0.25, 0.3) is 5.91 Å². The van der Waals surface area contributed by atoms with Crippen LogP contribution < -0.4 is 10.1 Å². The van der Waals surface area contributed by atoms with E-state index in [2.05, 4.69) is 19.2 Å². The Bertz CT molecular complexity index is 712. The summed E-state index contributed by atoms with van der Waals surface area (Å²) in [4.78, 5) is 12.7. The van der Waals surface area contributed by atoms with Gasteiger partial charge in [-0.05, 0) is 49.6 Å². The first-order valence-electron chi connectivity index (χ1n) is 9.42. The molecule has 2 aromatic carbocycles. The molecule has 4 heteroatoms. The van der Waals surface area contributed by atoms with Gasteiger partial charge in [-0.25, -0.2) is 0 Å². The summed E-state index contributed by atoms with van der Waals surface area (Å²) < 4.78 is 11.4. The third-order valence-corrected chi connectivity index (χ3v) is 4.17. The second kappa shape index (κ2) is 10.6. The third-order valence-electron chi connectivity index (χ3n) is 4.17. The summed E-state index contributed by atoms with van der Waals surface area (Å²) in [5.41, 5.74) is 3.48. The Hall–Kier alpha value is -2.33. The molecule has 26 heavy (non-hydrogen) atoms. The van der Waals surface area contributed by atoms with Gasteiger partial charge in [0, 0.05) is 23.4 Å². The summed E-state index contributed by atoms with van der Waals surface area (Å²) in [6.07, 6.45) is 2.99. The van der Waals surface area contributed by atoms with E-state index in [0.29, 0.717) is 25.4 Å². The zero-order chi connectivity index (χ0) is 18.8. The minimum absolute atomic E-state index is 0.122. The van der Waals surface area contributed by atoms with E-state index in [1.54, 1.807) is 6.07 Å². The largest absolute Gasteiger partial charge is 0.494 e. The van der Waals surface area contributed by atoms with Crippen LogP contribution in [0.25, 0.3) is 0 Å². The molecule has 2 aromatic rings. The van der Waals surface area contributed by atoms with Gasteiger partial charge in [-0.15, -0.1) is 0 Å². The van der Waals surface area contributed by atoms with Gasteiger partial charge in [-0.1, -0.05) is 38.5 Å². The molecule has 0 heterocycles. The summed E-state index contributed by atoms with van der Waals surface area (Å²) in [5.74, 6) is 0.651. The van der Waals surface area contributed by atoms with Crippen LogP contribution in [0, 0.1) is 0 Å². The number of para-hydroxylation sites is 1. The molecular formula is C22H29NO3. The Morgan fingerprint density at radius 2 is 1.85 bits per heavy atom. The fourth-order valence-corrected chi connectivity index (χ4v) is 2.70. The van der Waals surface area contributed by atoms with Crippen LogP contribution in [0.1, 0.15) is 55.1 Å². The third kappa shape index (κ3) is 5.60. The Labute approximate surface area is 156 Å². The molecule has 0 aliphatic carbocycles. The molecule has 0 fully saturated rings. The van der Waals surface area contributed by atoms with Crippen LogP contribution in [0.5, 0.6) is 5.75 Å². The molecule has 0 aliphatic heterocycles. The minimum atomic E-state index is -0.122. The average Bonchev–Trinajstić information content (AvgIpc) is 2.67. The van der Waals surface area contributed by atoms with Gasteiger partial charge in [-0.2, -0.15) is 0 Å². The first kappa shape index (κ1) is 20.0. The minimum Gasteiger partial charge on any atom is -0.494 e. The van der Waals surface area contributed by atoms with E-state index in [-0.39, 0.29) is 5.91 Å². The lowest BCUT2D eigenvalue weighted by Crippen LogP contribution is -2.14. The van der Waals surface area contributed by atoms with Crippen LogP contribution in [-0.2, 0) is 17.8 Å². The predicted molar refractivity (Wildman–Crippen MR) is 106 cm³/mol. The first-order valence-corrected chi connectivity index (χ1v) is 9.42. The van der Waals surface area contributed by atoms with Gasteiger partial charge in [-0.3, -0.25) is 4.79 Å². The number of rotatable bonds is 10. The zero-order valence-electron chi connectivity index (χ0n) is 16.0. The maximum atomic E-state index is 12.7. The van der Waals surface area contributed by atoms with Crippen molar-refractivity contribution in [3.05, 3.63) is 59.2 Å². The molecule has 0 atom stereocenters. The van der Waals surface area contributed by atoms with Crippen LogP contribution in [0.4, 0.5) is 5.69 Å². The van der Waals surface area contributed by atoms with Crippen molar-refractivity contribution in [3.63, 3.8) is 0 Å². The van der Waals surface area contributed by atoms with Gasteiger partial charge >= 0.3 is 0 Å². The highest BCUT2D eigenvalue weighted by Gasteiger charge is 2.12. The summed E-state index contributed by atoms with van der Waals surface area (Å²) in [5, 5.41) is 3.01. The zero-order valence-corrected chi connectivity index (χ0v) is 16.0. The Morgan fingerprint density at radius 3 is 2.58 bits per heavy atom. The lowest BCUT2D eigenvalue weighted by molar-refractivity contribution is 0.102. The van der Waals surface area contributed by atoms with Crippen LogP contribution in [0.2, 0.25) is 0 Å². The van der Waals surface area contributed by atoms with Gasteiger partial charge in [0.1, 0.15) is 5.75 Å². The molecule has 1 N–H and O–H groups in total. The van der Waals surface area contributed by atoms with Crippen molar-refractivity contribution in [1.29, 1.82) is 0 Å². The molecule has 0 aromatic heterocycles. The highest BCUT2D eigenvalue weighted by Crippen LogP contribution is 2.23. The first-order chi connectivity index (χ1) is 12.7. The molecule has 0 spiro atoms. The maximum absolute atomic E-state index is 12.7. The molecule has 0 saturated heterocycles. The number of anilines is 1. The maximum Gasteiger partial charge on any atom is 0.255 e. The molecule has 2 rings (SSSR count). The van der Waals surface area contributed by atoms with Crippen molar-refractivity contribution in [3.8, 4) is 5.75 Å². The number of hydrogen-bond acceptors (Lipinski definition) is 3. The van der Waals surface area contributed by atoms with Gasteiger partial charge in [0.15, 0.2) is 0 Å². The summed E-state index contributed by atoms with van der Waals surface area (Å²) >= 11 is 0. The van der Waals surface area contributed by atoms with E-state index in [0.717, 1.165) is 41.8 Å². The van der Waals surface area contributed by atoms with Gasteiger partial charge in [0.2, 0.25) is 0 Å². The molecule has 4 nitrogen and oxygen atoms in total. The number of benzene rings is 2. The van der Waals surface area contributed by atoms with E-state index < -0.39 is 0 Å². The van der Waals surface area contributed by atoms with Crippen LogP contribution in [-0.4, -0.2) is 19.1 Å². The van der Waals surface area contributed by atoms with E-state index in [1.807, 2.05) is 43.3 Å². The van der Waals surface area contributed by atoms with Crippen molar-refractivity contribution in [2.45, 2.75) is 46.6 Å². The fraction of sp³-hybridized carbons (Fsp3) is 0.409. The normalized spacial score (nSPS) is 10.6.